The van der Waals surface area contributed by atoms with E-state index >= 15 is 0 Å². The first-order valence-electron chi connectivity index (χ1n) is 11.0. The van der Waals surface area contributed by atoms with E-state index in [4.69, 9.17) is 9.47 Å². The van der Waals surface area contributed by atoms with Crippen LogP contribution in [-0.2, 0) is 11.2 Å². The van der Waals surface area contributed by atoms with E-state index < -0.39 is 0 Å². The Balaban J connectivity index is 1.20. The second-order valence-electron chi connectivity index (χ2n) is 9.58. The van der Waals surface area contributed by atoms with Gasteiger partial charge < -0.3 is 14.8 Å². The maximum atomic E-state index is 12.7. The van der Waals surface area contributed by atoms with Crippen LogP contribution >= 0.6 is 11.3 Å². The molecule has 1 N–H and O–H groups in total. The largest absolute Gasteiger partial charge is 0.493 e. The fraction of sp³-hybridized carbons (Fsp3) is 0.583. The fourth-order valence-electron chi connectivity index (χ4n) is 6.51. The molecule has 4 aliphatic rings. The van der Waals surface area contributed by atoms with Crippen molar-refractivity contribution in [2.45, 2.75) is 44.9 Å². The van der Waals surface area contributed by atoms with E-state index in [0.29, 0.717) is 23.3 Å². The molecule has 4 aliphatic carbocycles. The summed E-state index contributed by atoms with van der Waals surface area (Å²) in [6, 6.07) is 5.78. The number of methoxy groups -OCH3 is 2. The van der Waals surface area contributed by atoms with Crippen molar-refractivity contribution >= 4 is 17.2 Å². The van der Waals surface area contributed by atoms with Crippen LogP contribution in [0.25, 0.3) is 10.6 Å². The molecule has 0 aliphatic heterocycles. The SMILES string of the molecule is COc1ccc(-c2nc(CC(=O)NCC34CC5CC(CC(C5)C3)C4)cs2)cc1OC. The standard InChI is InChI=1S/C24H30N2O3S/c1-28-20-4-3-18(8-21(20)29-2)23-26-19(13-30-23)9-22(27)25-14-24-10-15-5-16(11-24)7-17(6-15)12-24/h3-4,8,13,15-17H,5-7,9-12,14H2,1-2H3,(H,25,27). The lowest BCUT2D eigenvalue weighted by atomic mass is 9.49. The predicted octanol–water partition coefficient (Wildman–Crippen LogP) is 4.70. The Kier molecular flexibility index (Phi) is 5.21. The van der Waals surface area contributed by atoms with Crippen molar-refractivity contribution in [3.05, 3.63) is 29.3 Å². The molecule has 4 saturated carbocycles. The summed E-state index contributed by atoms with van der Waals surface area (Å²) in [5, 5.41) is 6.13. The van der Waals surface area contributed by atoms with Crippen molar-refractivity contribution in [2.75, 3.05) is 20.8 Å². The van der Waals surface area contributed by atoms with Gasteiger partial charge in [0.25, 0.3) is 0 Å². The van der Waals surface area contributed by atoms with Crippen LogP contribution in [0.5, 0.6) is 11.5 Å². The molecule has 0 radical (unpaired) electrons. The highest BCUT2D eigenvalue weighted by Crippen LogP contribution is 2.59. The van der Waals surface area contributed by atoms with Crippen molar-refractivity contribution < 1.29 is 14.3 Å². The summed E-state index contributed by atoms with van der Waals surface area (Å²) in [5.74, 6) is 4.21. The first-order chi connectivity index (χ1) is 14.6. The maximum Gasteiger partial charge on any atom is 0.226 e. The number of nitrogens with zero attached hydrogens (tertiary/aromatic N) is 1. The van der Waals surface area contributed by atoms with Crippen LogP contribution < -0.4 is 14.8 Å². The molecule has 4 fully saturated rings. The first kappa shape index (κ1) is 19.9. The third-order valence-corrected chi connectivity index (χ3v) is 8.29. The van der Waals surface area contributed by atoms with E-state index in [1.165, 1.54) is 38.5 Å². The Morgan fingerprint density at radius 3 is 2.40 bits per heavy atom. The molecule has 0 unspecified atom stereocenters. The summed E-state index contributed by atoms with van der Waals surface area (Å²) < 4.78 is 10.7. The maximum absolute atomic E-state index is 12.7. The Morgan fingerprint density at radius 2 is 1.77 bits per heavy atom. The second kappa shape index (κ2) is 7.88. The number of aromatic nitrogens is 1. The highest BCUT2D eigenvalue weighted by molar-refractivity contribution is 7.13. The average molecular weight is 427 g/mol. The molecule has 1 aromatic carbocycles. The van der Waals surface area contributed by atoms with Gasteiger partial charge in [-0.2, -0.15) is 0 Å². The van der Waals surface area contributed by atoms with Gasteiger partial charge in [-0.15, -0.1) is 11.3 Å². The lowest BCUT2D eigenvalue weighted by molar-refractivity contribution is -0.122. The van der Waals surface area contributed by atoms with Crippen molar-refractivity contribution in [2.24, 2.45) is 23.2 Å². The zero-order valence-corrected chi connectivity index (χ0v) is 18.6. The topological polar surface area (TPSA) is 60.5 Å². The van der Waals surface area contributed by atoms with Crippen LogP contribution in [0.3, 0.4) is 0 Å². The number of rotatable bonds is 7. The highest BCUT2D eigenvalue weighted by atomic mass is 32.1. The number of ether oxygens (including phenoxy) is 2. The molecule has 0 saturated heterocycles. The minimum absolute atomic E-state index is 0.0925. The van der Waals surface area contributed by atoms with Gasteiger partial charge >= 0.3 is 0 Å². The van der Waals surface area contributed by atoms with Crippen molar-refractivity contribution in [3.8, 4) is 22.1 Å². The van der Waals surface area contributed by atoms with Gasteiger partial charge in [0, 0.05) is 17.5 Å². The minimum atomic E-state index is 0.0925. The van der Waals surface area contributed by atoms with E-state index in [0.717, 1.165) is 40.6 Å². The Bertz CT molecular complexity index is 903. The lowest BCUT2D eigenvalue weighted by Gasteiger charge is -2.56. The van der Waals surface area contributed by atoms with E-state index in [2.05, 4.69) is 10.3 Å². The van der Waals surface area contributed by atoms with Crippen LogP contribution in [0, 0.1) is 23.2 Å². The van der Waals surface area contributed by atoms with Crippen LogP contribution in [0.15, 0.2) is 23.6 Å². The summed E-state index contributed by atoms with van der Waals surface area (Å²) >= 11 is 1.56. The zero-order chi connectivity index (χ0) is 20.7. The Hall–Kier alpha value is -2.08. The molecule has 1 amide bonds. The summed E-state index contributed by atoms with van der Waals surface area (Å²) in [6.07, 6.45) is 8.61. The molecule has 4 bridgehead atoms. The number of carbonyl (C=O) groups excluding carboxylic acids is 1. The van der Waals surface area contributed by atoms with E-state index in [1.54, 1.807) is 25.6 Å². The summed E-state index contributed by atoms with van der Waals surface area (Å²) in [7, 11) is 3.25. The summed E-state index contributed by atoms with van der Waals surface area (Å²) in [4.78, 5) is 17.3. The van der Waals surface area contributed by atoms with Crippen molar-refractivity contribution in [3.63, 3.8) is 0 Å². The number of hydrogen-bond donors (Lipinski definition) is 1. The molecular weight excluding hydrogens is 396 g/mol. The van der Waals surface area contributed by atoms with Gasteiger partial charge in [0.2, 0.25) is 5.91 Å². The van der Waals surface area contributed by atoms with Gasteiger partial charge in [0.05, 0.1) is 26.3 Å². The lowest BCUT2D eigenvalue weighted by Crippen LogP contribution is -2.51. The second-order valence-corrected chi connectivity index (χ2v) is 10.4. The molecule has 1 heterocycles. The summed E-state index contributed by atoms with van der Waals surface area (Å²) in [6.45, 7) is 0.849. The quantitative estimate of drug-likeness (QED) is 0.697. The normalized spacial score (nSPS) is 29.1. The molecule has 1 aromatic heterocycles. The van der Waals surface area contributed by atoms with Crippen LogP contribution in [-0.4, -0.2) is 31.7 Å². The van der Waals surface area contributed by atoms with Crippen molar-refractivity contribution in [1.82, 2.24) is 10.3 Å². The monoisotopic (exact) mass is 426 g/mol. The molecule has 6 heteroatoms. The van der Waals surface area contributed by atoms with E-state index in [9.17, 15) is 4.79 Å². The molecule has 30 heavy (non-hydrogen) atoms. The summed E-state index contributed by atoms with van der Waals surface area (Å²) in [5.41, 5.74) is 2.17. The van der Waals surface area contributed by atoms with Gasteiger partial charge in [-0.1, -0.05) is 0 Å². The number of benzene rings is 1. The minimum Gasteiger partial charge on any atom is -0.493 e. The van der Waals surface area contributed by atoms with Gasteiger partial charge in [0.15, 0.2) is 11.5 Å². The van der Waals surface area contributed by atoms with Gasteiger partial charge in [0.1, 0.15) is 5.01 Å². The van der Waals surface area contributed by atoms with Crippen LogP contribution in [0.1, 0.15) is 44.2 Å². The third-order valence-electron chi connectivity index (χ3n) is 7.35. The predicted molar refractivity (Wildman–Crippen MR) is 118 cm³/mol. The molecule has 5 nitrogen and oxygen atoms in total. The smallest absolute Gasteiger partial charge is 0.226 e. The number of amides is 1. The number of thiazole rings is 1. The molecular formula is C24H30N2O3S. The first-order valence-corrected chi connectivity index (χ1v) is 11.9. The van der Waals surface area contributed by atoms with E-state index in [1.807, 2.05) is 23.6 Å². The number of hydrogen-bond acceptors (Lipinski definition) is 5. The van der Waals surface area contributed by atoms with Crippen molar-refractivity contribution in [1.29, 1.82) is 0 Å². The molecule has 0 spiro atoms. The molecule has 2 aromatic rings. The fourth-order valence-corrected chi connectivity index (χ4v) is 7.33. The number of carbonyl (C=O) groups is 1. The highest BCUT2D eigenvalue weighted by Gasteiger charge is 2.50. The third kappa shape index (κ3) is 3.82. The van der Waals surface area contributed by atoms with Crippen LogP contribution in [0.2, 0.25) is 0 Å². The molecule has 6 rings (SSSR count). The Labute approximate surface area is 182 Å². The number of nitrogens with one attached hydrogen (secondary N) is 1. The van der Waals surface area contributed by atoms with E-state index in [-0.39, 0.29) is 5.91 Å². The van der Waals surface area contributed by atoms with Gasteiger partial charge in [-0.25, -0.2) is 4.98 Å². The van der Waals surface area contributed by atoms with Gasteiger partial charge in [-0.3, -0.25) is 4.79 Å². The molecule has 160 valence electrons. The zero-order valence-electron chi connectivity index (χ0n) is 17.8. The Morgan fingerprint density at radius 1 is 1.10 bits per heavy atom. The average Bonchev–Trinajstić information content (AvgIpc) is 3.19. The molecule has 0 atom stereocenters. The van der Waals surface area contributed by atoms with Gasteiger partial charge in [-0.05, 0) is 79.9 Å². The van der Waals surface area contributed by atoms with Crippen LogP contribution in [0.4, 0.5) is 0 Å².